The Bertz CT molecular complexity index is 913. The molecule has 0 amide bonds. The number of nitriles is 1. The first-order valence-corrected chi connectivity index (χ1v) is 7.66. The van der Waals surface area contributed by atoms with Gasteiger partial charge in [-0.1, -0.05) is 29.3 Å². The van der Waals surface area contributed by atoms with Crippen molar-refractivity contribution >= 4 is 10.9 Å². The molecule has 1 aromatic heterocycles. The monoisotopic (exact) mass is 301 g/mol. The fourth-order valence-corrected chi connectivity index (χ4v) is 2.85. The summed E-state index contributed by atoms with van der Waals surface area (Å²) < 4.78 is 0. The normalized spacial score (nSPS) is 11.4. The number of nitrogens with zero attached hydrogens (tertiary/aromatic N) is 3. The maximum Gasteiger partial charge on any atom is 0.116 e. The minimum Gasteiger partial charge on any atom is -0.236 e. The second-order valence-electron chi connectivity index (χ2n) is 6.57. The average molecular weight is 301 g/mol. The van der Waals surface area contributed by atoms with E-state index in [2.05, 4.69) is 48.1 Å². The number of aromatic nitrogens is 2. The van der Waals surface area contributed by atoms with Gasteiger partial charge in [-0.05, 0) is 51.5 Å². The van der Waals surface area contributed by atoms with Crippen LogP contribution in [0.15, 0.2) is 42.7 Å². The summed E-state index contributed by atoms with van der Waals surface area (Å²) in [6.45, 7) is 8.02. The van der Waals surface area contributed by atoms with Gasteiger partial charge >= 0.3 is 0 Å². The van der Waals surface area contributed by atoms with E-state index in [1.807, 2.05) is 32.0 Å². The molecule has 3 rings (SSSR count). The van der Waals surface area contributed by atoms with Gasteiger partial charge in [0.05, 0.1) is 22.7 Å². The number of fused-ring (bicyclic) bond motifs is 1. The van der Waals surface area contributed by atoms with Crippen molar-refractivity contribution < 1.29 is 0 Å². The van der Waals surface area contributed by atoms with E-state index in [9.17, 15) is 5.26 Å². The molecule has 0 N–H and O–H groups in total. The van der Waals surface area contributed by atoms with E-state index in [0.717, 1.165) is 27.7 Å². The highest BCUT2D eigenvalue weighted by atomic mass is 14.8. The number of rotatable bonds is 2. The van der Waals surface area contributed by atoms with Gasteiger partial charge in [0.1, 0.15) is 6.33 Å². The highest BCUT2D eigenvalue weighted by Crippen LogP contribution is 2.30. The van der Waals surface area contributed by atoms with Crippen molar-refractivity contribution in [3.8, 4) is 17.3 Å². The predicted octanol–water partition coefficient (Wildman–Crippen LogP) is 4.71. The molecule has 3 nitrogen and oxygen atoms in total. The SMILES string of the molecule is Cc1cc(C)cc(-c2ncnc3cc(C(C)(C)C#N)ccc23)c1. The van der Waals surface area contributed by atoms with E-state index in [1.165, 1.54) is 11.1 Å². The average Bonchev–Trinajstić information content (AvgIpc) is 2.52. The van der Waals surface area contributed by atoms with Gasteiger partial charge in [0.25, 0.3) is 0 Å². The summed E-state index contributed by atoms with van der Waals surface area (Å²) >= 11 is 0. The molecule has 0 bridgehead atoms. The van der Waals surface area contributed by atoms with E-state index in [1.54, 1.807) is 6.33 Å². The van der Waals surface area contributed by atoms with Crippen LogP contribution in [0.1, 0.15) is 30.5 Å². The van der Waals surface area contributed by atoms with Gasteiger partial charge in [0.15, 0.2) is 0 Å². The van der Waals surface area contributed by atoms with E-state index < -0.39 is 5.41 Å². The van der Waals surface area contributed by atoms with Gasteiger partial charge in [0.2, 0.25) is 0 Å². The van der Waals surface area contributed by atoms with E-state index in [0.29, 0.717) is 0 Å². The summed E-state index contributed by atoms with van der Waals surface area (Å²) in [6.07, 6.45) is 1.60. The van der Waals surface area contributed by atoms with Crippen molar-refractivity contribution in [2.24, 2.45) is 0 Å². The van der Waals surface area contributed by atoms with Gasteiger partial charge in [-0.15, -0.1) is 0 Å². The molecule has 0 atom stereocenters. The lowest BCUT2D eigenvalue weighted by Gasteiger charge is -2.16. The first-order chi connectivity index (χ1) is 10.9. The first kappa shape index (κ1) is 15.2. The smallest absolute Gasteiger partial charge is 0.116 e. The van der Waals surface area contributed by atoms with Crippen LogP contribution in [0.4, 0.5) is 0 Å². The lowest BCUT2D eigenvalue weighted by Crippen LogP contribution is -2.13. The molecule has 0 saturated carbocycles. The molecule has 3 heteroatoms. The Kier molecular flexibility index (Phi) is 3.61. The van der Waals surface area contributed by atoms with E-state index >= 15 is 0 Å². The third-order valence-corrected chi connectivity index (χ3v) is 4.13. The lowest BCUT2D eigenvalue weighted by atomic mass is 9.85. The van der Waals surface area contributed by atoms with Crippen LogP contribution < -0.4 is 0 Å². The molecule has 0 radical (unpaired) electrons. The van der Waals surface area contributed by atoms with Gasteiger partial charge in [-0.2, -0.15) is 5.26 Å². The number of hydrogen-bond donors (Lipinski definition) is 0. The largest absolute Gasteiger partial charge is 0.236 e. The van der Waals surface area contributed by atoms with Gasteiger partial charge in [-0.25, -0.2) is 9.97 Å². The number of aryl methyl sites for hydroxylation is 2. The van der Waals surface area contributed by atoms with Gasteiger partial charge in [-0.3, -0.25) is 0 Å². The zero-order valence-corrected chi connectivity index (χ0v) is 13.9. The van der Waals surface area contributed by atoms with Crippen LogP contribution in [0.25, 0.3) is 22.2 Å². The van der Waals surface area contributed by atoms with Crippen molar-refractivity contribution in [1.29, 1.82) is 5.26 Å². The van der Waals surface area contributed by atoms with E-state index in [4.69, 9.17) is 0 Å². The maximum atomic E-state index is 9.33. The molecule has 1 heterocycles. The Morgan fingerprint density at radius 2 is 1.65 bits per heavy atom. The molecule has 0 fully saturated rings. The molecule has 114 valence electrons. The lowest BCUT2D eigenvalue weighted by molar-refractivity contribution is 0.688. The highest BCUT2D eigenvalue weighted by molar-refractivity contribution is 5.92. The topological polar surface area (TPSA) is 49.6 Å². The quantitative estimate of drug-likeness (QED) is 0.688. The molecular weight excluding hydrogens is 282 g/mol. The van der Waals surface area contributed by atoms with Crippen LogP contribution in [0.5, 0.6) is 0 Å². The molecule has 3 aromatic rings. The Labute approximate surface area is 136 Å². The molecule has 0 aliphatic carbocycles. The molecule has 2 aromatic carbocycles. The molecule has 0 saturated heterocycles. The predicted molar refractivity (Wildman–Crippen MR) is 93.1 cm³/mol. The zero-order chi connectivity index (χ0) is 16.6. The minimum atomic E-state index is -0.529. The number of hydrogen-bond acceptors (Lipinski definition) is 3. The summed E-state index contributed by atoms with van der Waals surface area (Å²) in [5.41, 5.74) is 5.78. The van der Waals surface area contributed by atoms with Gasteiger partial charge in [0, 0.05) is 10.9 Å². The molecule has 0 unspecified atom stereocenters. The summed E-state index contributed by atoms with van der Waals surface area (Å²) in [6, 6.07) is 14.8. The summed E-state index contributed by atoms with van der Waals surface area (Å²) in [7, 11) is 0. The first-order valence-electron chi connectivity index (χ1n) is 7.66. The van der Waals surface area contributed by atoms with Crippen molar-refractivity contribution in [3.05, 3.63) is 59.4 Å². The van der Waals surface area contributed by atoms with Crippen LogP contribution in [-0.4, -0.2) is 9.97 Å². The zero-order valence-electron chi connectivity index (χ0n) is 13.9. The molecule has 0 aliphatic rings. The van der Waals surface area contributed by atoms with Crippen molar-refractivity contribution in [3.63, 3.8) is 0 Å². The van der Waals surface area contributed by atoms with E-state index in [-0.39, 0.29) is 0 Å². The van der Waals surface area contributed by atoms with Crippen LogP contribution in [0.2, 0.25) is 0 Å². The highest BCUT2D eigenvalue weighted by Gasteiger charge is 2.20. The summed E-state index contributed by atoms with van der Waals surface area (Å²) in [4.78, 5) is 8.90. The molecular formula is C20H19N3. The Morgan fingerprint density at radius 1 is 0.957 bits per heavy atom. The maximum absolute atomic E-state index is 9.33. The van der Waals surface area contributed by atoms with Crippen molar-refractivity contribution in [2.75, 3.05) is 0 Å². The Hall–Kier alpha value is -2.73. The minimum absolute atomic E-state index is 0.529. The second-order valence-corrected chi connectivity index (χ2v) is 6.57. The Morgan fingerprint density at radius 3 is 2.30 bits per heavy atom. The fraction of sp³-hybridized carbons (Fsp3) is 0.250. The third-order valence-electron chi connectivity index (χ3n) is 4.13. The van der Waals surface area contributed by atoms with Crippen LogP contribution in [0, 0.1) is 25.2 Å². The molecule has 0 aliphatic heterocycles. The third kappa shape index (κ3) is 2.80. The fourth-order valence-electron chi connectivity index (χ4n) is 2.85. The second kappa shape index (κ2) is 5.48. The van der Waals surface area contributed by atoms with Crippen molar-refractivity contribution in [1.82, 2.24) is 9.97 Å². The Balaban J connectivity index is 2.22. The van der Waals surface area contributed by atoms with Crippen LogP contribution in [0.3, 0.4) is 0 Å². The number of benzene rings is 2. The van der Waals surface area contributed by atoms with Crippen LogP contribution in [-0.2, 0) is 5.41 Å². The van der Waals surface area contributed by atoms with Crippen LogP contribution >= 0.6 is 0 Å². The standard InChI is InChI=1S/C20H19N3/c1-13-7-14(2)9-15(8-13)19-17-6-5-16(20(3,4)11-21)10-18(17)22-12-23-19/h5-10,12H,1-4H3. The van der Waals surface area contributed by atoms with Gasteiger partial charge < -0.3 is 0 Å². The summed E-state index contributed by atoms with van der Waals surface area (Å²) in [5, 5.41) is 10.3. The van der Waals surface area contributed by atoms with Crippen molar-refractivity contribution in [2.45, 2.75) is 33.1 Å². The summed E-state index contributed by atoms with van der Waals surface area (Å²) in [5.74, 6) is 0. The molecule has 23 heavy (non-hydrogen) atoms. The molecule has 0 spiro atoms.